The molecule has 0 spiro atoms. The lowest BCUT2D eigenvalue weighted by molar-refractivity contribution is -0.143. The van der Waals surface area contributed by atoms with Gasteiger partial charge in [-0.15, -0.1) is 0 Å². The summed E-state index contributed by atoms with van der Waals surface area (Å²) >= 11 is 0. The molecule has 0 aliphatic carbocycles. The minimum absolute atomic E-state index is 0.00339. The summed E-state index contributed by atoms with van der Waals surface area (Å²) in [5.74, 6) is 0.528. The molecule has 168 valence electrons. The first-order valence-electron chi connectivity index (χ1n) is 11.7. The Bertz CT molecular complexity index is 799. The zero-order valence-electron chi connectivity index (χ0n) is 18.3. The van der Waals surface area contributed by atoms with Crippen LogP contribution in [0.15, 0.2) is 30.3 Å². The number of carbonyl (C=O) groups excluding carboxylic acids is 3. The molecule has 3 N–H and O–H groups in total. The molecule has 1 aromatic rings. The third kappa shape index (κ3) is 5.26. The molecule has 3 aliphatic heterocycles. The highest BCUT2D eigenvalue weighted by atomic mass is 16.2. The molecule has 5 atom stereocenters. The number of nitrogens with one attached hydrogen (secondary N) is 3. The molecule has 0 aromatic heterocycles. The van der Waals surface area contributed by atoms with Crippen molar-refractivity contribution in [2.45, 2.75) is 63.6 Å². The molecule has 0 radical (unpaired) electrons. The summed E-state index contributed by atoms with van der Waals surface area (Å²) in [6, 6.07) is 8.83. The summed E-state index contributed by atoms with van der Waals surface area (Å²) in [4.78, 5) is 40.9. The zero-order valence-corrected chi connectivity index (χ0v) is 18.3. The molecular formula is C24H34N4O3. The molecule has 31 heavy (non-hydrogen) atoms. The number of amides is 3. The minimum Gasteiger partial charge on any atom is -0.344 e. The van der Waals surface area contributed by atoms with Crippen molar-refractivity contribution in [1.29, 1.82) is 0 Å². The van der Waals surface area contributed by atoms with Crippen molar-refractivity contribution in [3.8, 4) is 0 Å². The van der Waals surface area contributed by atoms with Gasteiger partial charge < -0.3 is 20.9 Å². The van der Waals surface area contributed by atoms with E-state index in [0.717, 1.165) is 44.5 Å². The Kier molecular flexibility index (Phi) is 6.90. The van der Waals surface area contributed by atoms with Gasteiger partial charge >= 0.3 is 0 Å². The summed E-state index contributed by atoms with van der Waals surface area (Å²) in [5.41, 5.74) is 1.12. The molecular weight excluding hydrogens is 392 g/mol. The monoisotopic (exact) mass is 426 g/mol. The van der Waals surface area contributed by atoms with Crippen molar-refractivity contribution >= 4 is 17.7 Å². The molecule has 0 unspecified atom stereocenters. The van der Waals surface area contributed by atoms with Gasteiger partial charge in [-0.25, -0.2) is 0 Å². The summed E-state index contributed by atoms with van der Waals surface area (Å²) in [6.45, 7) is 4.36. The van der Waals surface area contributed by atoms with Crippen molar-refractivity contribution in [1.82, 2.24) is 20.9 Å². The first kappa shape index (κ1) is 21.8. The van der Waals surface area contributed by atoms with Crippen LogP contribution in [0.2, 0.25) is 0 Å². The molecule has 3 saturated heterocycles. The molecule has 3 heterocycles. The molecule has 2 bridgehead atoms. The smallest absolute Gasteiger partial charge is 0.245 e. The van der Waals surface area contributed by atoms with Crippen LogP contribution in [0.5, 0.6) is 0 Å². The average molecular weight is 427 g/mol. The molecule has 3 amide bonds. The molecule has 7 nitrogen and oxygen atoms in total. The zero-order chi connectivity index (χ0) is 21.8. The van der Waals surface area contributed by atoms with Crippen LogP contribution in [-0.2, 0) is 20.8 Å². The van der Waals surface area contributed by atoms with E-state index in [1.54, 1.807) is 6.92 Å². The Morgan fingerprint density at radius 3 is 2.68 bits per heavy atom. The number of nitrogens with zero attached hydrogens (tertiary/aromatic N) is 1. The van der Waals surface area contributed by atoms with Crippen molar-refractivity contribution in [3.63, 3.8) is 0 Å². The molecule has 1 aromatic carbocycles. The standard InChI is InChI=1S/C24H34N4O3/c1-16-24(31)28-15-18-12-19(14-25-13-18)21(28)8-5-9-22(29)27-20(23(30)26-16)11-10-17-6-3-2-4-7-17/h2-4,6-7,16,18-21,25H,5,8-15H2,1H3,(H,26,30)(H,27,29)/t16-,18+,19-,20+,21+/m1/s1. The fraction of sp³-hybridized carbons (Fsp3) is 0.625. The highest BCUT2D eigenvalue weighted by molar-refractivity contribution is 5.92. The molecule has 3 aliphatic rings. The lowest BCUT2D eigenvalue weighted by Crippen LogP contribution is -2.62. The van der Waals surface area contributed by atoms with Gasteiger partial charge in [-0.05, 0) is 69.5 Å². The Labute approximate surface area is 184 Å². The number of hydrogen-bond donors (Lipinski definition) is 3. The van der Waals surface area contributed by atoms with Gasteiger partial charge in [-0.2, -0.15) is 0 Å². The van der Waals surface area contributed by atoms with Gasteiger partial charge in [0.25, 0.3) is 0 Å². The Morgan fingerprint density at radius 2 is 1.87 bits per heavy atom. The first-order valence-corrected chi connectivity index (χ1v) is 11.7. The number of fused-ring (bicyclic) bond motifs is 4. The van der Waals surface area contributed by atoms with Crippen LogP contribution in [0.1, 0.15) is 44.6 Å². The van der Waals surface area contributed by atoms with E-state index in [1.165, 1.54) is 0 Å². The fourth-order valence-electron chi connectivity index (χ4n) is 5.40. The van der Waals surface area contributed by atoms with E-state index in [9.17, 15) is 14.4 Å². The maximum atomic E-state index is 13.3. The Balaban J connectivity index is 1.48. The van der Waals surface area contributed by atoms with Crippen LogP contribution in [0.25, 0.3) is 0 Å². The highest BCUT2D eigenvalue weighted by Crippen LogP contribution is 2.33. The topological polar surface area (TPSA) is 90.5 Å². The maximum Gasteiger partial charge on any atom is 0.245 e. The molecule has 4 rings (SSSR count). The van der Waals surface area contributed by atoms with Gasteiger partial charge in [-0.1, -0.05) is 30.3 Å². The predicted molar refractivity (Wildman–Crippen MR) is 118 cm³/mol. The number of benzene rings is 1. The Morgan fingerprint density at radius 1 is 1.06 bits per heavy atom. The summed E-state index contributed by atoms with van der Waals surface area (Å²) in [6.07, 6.45) is 4.26. The van der Waals surface area contributed by atoms with Crippen LogP contribution < -0.4 is 16.0 Å². The lowest BCUT2D eigenvalue weighted by Gasteiger charge is -2.49. The highest BCUT2D eigenvalue weighted by Gasteiger charge is 2.41. The van der Waals surface area contributed by atoms with Gasteiger partial charge in [0.2, 0.25) is 17.7 Å². The van der Waals surface area contributed by atoms with Crippen molar-refractivity contribution in [3.05, 3.63) is 35.9 Å². The second kappa shape index (κ2) is 9.81. The number of piperidine rings is 2. The third-order valence-corrected chi connectivity index (χ3v) is 7.01. The predicted octanol–water partition coefficient (Wildman–Crippen LogP) is 1.23. The number of carbonyl (C=O) groups is 3. The van der Waals surface area contributed by atoms with E-state index in [4.69, 9.17) is 0 Å². The maximum absolute atomic E-state index is 13.3. The number of hydrogen-bond acceptors (Lipinski definition) is 4. The van der Waals surface area contributed by atoms with E-state index in [2.05, 4.69) is 16.0 Å². The van der Waals surface area contributed by atoms with Crippen molar-refractivity contribution in [2.75, 3.05) is 19.6 Å². The van der Waals surface area contributed by atoms with Crippen molar-refractivity contribution in [2.24, 2.45) is 11.8 Å². The second-order valence-electron chi connectivity index (χ2n) is 9.34. The Hall–Kier alpha value is -2.41. The van der Waals surface area contributed by atoms with Gasteiger partial charge in [0.1, 0.15) is 12.1 Å². The van der Waals surface area contributed by atoms with E-state index in [1.807, 2.05) is 35.2 Å². The van der Waals surface area contributed by atoms with Crippen molar-refractivity contribution < 1.29 is 14.4 Å². The van der Waals surface area contributed by atoms with Crippen LogP contribution in [0.4, 0.5) is 0 Å². The number of aryl methyl sites for hydroxylation is 1. The van der Waals surface area contributed by atoms with Gasteiger partial charge in [0.15, 0.2) is 0 Å². The lowest BCUT2D eigenvalue weighted by atomic mass is 9.78. The van der Waals surface area contributed by atoms with E-state index >= 15 is 0 Å². The minimum atomic E-state index is -0.636. The second-order valence-corrected chi connectivity index (χ2v) is 9.34. The van der Waals surface area contributed by atoms with Gasteiger partial charge in [0.05, 0.1) is 0 Å². The first-order chi connectivity index (χ1) is 15.0. The number of rotatable bonds is 3. The van der Waals surface area contributed by atoms with Crippen LogP contribution in [-0.4, -0.2) is 60.4 Å². The van der Waals surface area contributed by atoms with Crippen LogP contribution in [0.3, 0.4) is 0 Å². The van der Waals surface area contributed by atoms with Crippen LogP contribution >= 0.6 is 0 Å². The SMILES string of the molecule is C[C@H]1NC(=O)[C@H](CCc2ccccc2)NC(=O)CCC[C@H]2[C@H]3CNC[C@H](C3)CN2C1=O. The summed E-state index contributed by atoms with van der Waals surface area (Å²) in [5, 5.41) is 9.30. The summed E-state index contributed by atoms with van der Waals surface area (Å²) in [7, 11) is 0. The average Bonchev–Trinajstić information content (AvgIpc) is 2.77. The van der Waals surface area contributed by atoms with Gasteiger partial charge in [-0.3, -0.25) is 14.4 Å². The molecule has 7 heteroatoms. The molecule has 0 saturated carbocycles. The van der Waals surface area contributed by atoms with E-state index in [0.29, 0.717) is 31.1 Å². The third-order valence-electron chi connectivity index (χ3n) is 7.01. The van der Waals surface area contributed by atoms with E-state index < -0.39 is 12.1 Å². The largest absolute Gasteiger partial charge is 0.344 e. The van der Waals surface area contributed by atoms with Gasteiger partial charge in [0, 0.05) is 19.0 Å². The normalized spacial score (nSPS) is 32.2. The van der Waals surface area contributed by atoms with E-state index in [-0.39, 0.29) is 23.8 Å². The quantitative estimate of drug-likeness (QED) is 0.678. The molecule has 3 fully saturated rings. The summed E-state index contributed by atoms with van der Waals surface area (Å²) < 4.78 is 0. The van der Waals surface area contributed by atoms with Crippen LogP contribution in [0, 0.1) is 11.8 Å². The fourth-order valence-corrected chi connectivity index (χ4v) is 5.40.